The summed E-state index contributed by atoms with van der Waals surface area (Å²) in [7, 11) is 3.75. The minimum absolute atomic E-state index is 0.324. The van der Waals surface area contributed by atoms with Crippen molar-refractivity contribution in [1.82, 2.24) is 5.32 Å². The number of hydrogen-bond acceptors (Lipinski definition) is 2. The van der Waals surface area contributed by atoms with Gasteiger partial charge in [-0.15, -0.1) is 0 Å². The molecule has 1 unspecified atom stereocenters. The molecule has 1 radical (unpaired) electrons. The molecule has 1 atom stereocenters. The zero-order valence-corrected chi connectivity index (χ0v) is 19.4. The summed E-state index contributed by atoms with van der Waals surface area (Å²) in [5.41, 5.74) is 0. The fourth-order valence-corrected chi connectivity index (χ4v) is 3.51. The van der Waals surface area contributed by atoms with Crippen molar-refractivity contribution < 1.29 is 5.11 Å². The first kappa shape index (κ1) is 29.1. The lowest BCUT2D eigenvalue weighted by molar-refractivity contribution is 0.274. The topological polar surface area (TPSA) is 32.3 Å². The predicted octanol–water partition coefficient (Wildman–Crippen LogP) is 7.70. The van der Waals surface area contributed by atoms with Gasteiger partial charge >= 0.3 is 0 Å². The zero-order valence-electron chi connectivity index (χ0n) is 19.4. The Kier molecular flexibility index (Phi) is 30.3. The van der Waals surface area contributed by atoms with Gasteiger partial charge in [0.25, 0.3) is 0 Å². The number of aliphatic hydroxyl groups excluding tert-OH is 1. The van der Waals surface area contributed by atoms with Crippen LogP contribution in [-0.4, -0.2) is 25.8 Å². The maximum atomic E-state index is 8.80. The third-order valence-corrected chi connectivity index (χ3v) is 5.24. The Morgan fingerprint density at radius 2 is 0.889 bits per heavy atom. The molecule has 0 fully saturated rings. The van der Waals surface area contributed by atoms with Crippen molar-refractivity contribution in [3.05, 3.63) is 6.92 Å². The summed E-state index contributed by atoms with van der Waals surface area (Å²) in [6.45, 7) is 6.79. The average Bonchev–Trinajstić information content (AvgIpc) is 2.66. The summed E-state index contributed by atoms with van der Waals surface area (Å²) in [6, 6.07) is 0. The van der Waals surface area contributed by atoms with Crippen LogP contribution < -0.4 is 5.32 Å². The van der Waals surface area contributed by atoms with E-state index in [-0.39, 0.29) is 0 Å². The molecule has 0 aliphatic heterocycles. The first-order chi connectivity index (χ1) is 13.2. The van der Waals surface area contributed by atoms with Crippen molar-refractivity contribution in [3.8, 4) is 0 Å². The highest BCUT2D eigenvalue weighted by Crippen LogP contribution is 2.17. The number of nitrogens with one attached hydrogen (secondary N) is 1. The summed E-state index contributed by atoms with van der Waals surface area (Å²) in [5, 5.41) is 11.5. The largest absolute Gasteiger partial charge is 0.396 e. The summed E-state index contributed by atoms with van der Waals surface area (Å²) >= 11 is 0. The smallest absolute Gasteiger partial charge is 0.0431 e. The second kappa shape index (κ2) is 28.1. The quantitative estimate of drug-likeness (QED) is 0.211. The van der Waals surface area contributed by atoms with Gasteiger partial charge in [0.1, 0.15) is 0 Å². The lowest BCUT2D eigenvalue weighted by Gasteiger charge is -2.09. The van der Waals surface area contributed by atoms with E-state index < -0.39 is 0 Å². The lowest BCUT2D eigenvalue weighted by Crippen LogP contribution is -1.97. The number of aliphatic hydroxyl groups is 1. The molecule has 2 nitrogen and oxygen atoms in total. The van der Waals surface area contributed by atoms with Gasteiger partial charge in [0.15, 0.2) is 0 Å². The molecular weight excluding hydrogens is 330 g/mol. The van der Waals surface area contributed by atoms with Crippen LogP contribution in [0.3, 0.4) is 0 Å². The molecule has 27 heavy (non-hydrogen) atoms. The molecule has 0 aromatic heterocycles. The maximum Gasteiger partial charge on any atom is 0.0431 e. The normalized spacial score (nSPS) is 11.9. The van der Waals surface area contributed by atoms with Crippen LogP contribution in [0.15, 0.2) is 0 Å². The molecule has 0 aliphatic rings. The minimum atomic E-state index is 0.324. The summed E-state index contributed by atoms with van der Waals surface area (Å²) < 4.78 is 0. The van der Waals surface area contributed by atoms with Crippen molar-refractivity contribution in [2.75, 3.05) is 20.7 Å². The molecule has 0 saturated carbocycles. The van der Waals surface area contributed by atoms with Crippen molar-refractivity contribution >= 4 is 0 Å². The Balaban J connectivity index is 0. The molecule has 0 bridgehead atoms. The van der Waals surface area contributed by atoms with Gasteiger partial charge in [-0.3, -0.25) is 0 Å². The minimum Gasteiger partial charge on any atom is -0.396 e. The van der Waals surface area contributed by atoms with Crippen LogP contribution in [0.1, 0.15) is 129 Å². The van der Waals surface area contributed by atoms with Crippen LogP contribution in [0.4, 0.5) is 0 Å². The Hall–Kier alpha value is -0.0800. The molecule has 2 N–H and O–H groups in total. The predicted molar refractivity (Wildman–Crippen MR) is 124 cm³/mol. The Morgan fingerprint density at radius 3 is 1.22 bits per heavy atom. The van der Waals surface area contributed by atoms with Gasteiger partial charge in [0.2, 0.25) is 0 Å². The maximum absolute atomic E-state index is 8.80. The fourth-order valence-electron chi connectivity index (χ4n) is 3.51. The molecule has 165 valence electrons. The highest BCUT2D eigenvalue weighted by Gasteiger charge is 2.01. The standard InChI is InChI=1S/C23H47O.C2H7N/c1-3-4-5-6-7-8-9-10-11-12-13-14-15-16-17-18-20-23(2)21-19-22-24;1-3-2/h23-24H,2-22H2,1H3;3H,1-2H3. The monoisotopic (exact) mass is 384 g/mol. The van der Waals surface area contributed by atoms with Crippen LogP contribution in [-0.2, 0) is 0 Å². The van der Waals surface area contributed by atoms with Gasteiger partial charge < -0.3 is 10.4 Å². The lowest BCUT2D eigenvalue weighted by atomic mass is 9.97. The van der Waals surface area contributed by atoms with E-state index in [1.165, 1.54) is 109 Å². The van der Waals surface area contributed by atoms with E-state index in [2.05, 4.69) is 19.2 Å². The number of unbranched alkanes of at least 4 members (excludes halogenated alkanes) is 15. The highest BCUT2D eigenvalue weighted by atomic mass is 16.2. The average molecular weight is 385 g/mol. The van der Waals surface area contributed by atoms with Gasteiger partial charge in [-0.25, -0.2) is 0 Å². The molecule has 0 heterocycles. The molecule has 0 spiro atoms. The molecular formula is C25H54NO. The Labute approximate surface area is 173 Å². The molecule has 0 saturated heterocycles. The third-order valence-electron chi connectivity index (χ3n) is 5.24. The fraction of sp³-hybridized carbons (Fsp3) is 0.960. The van der Waals surface area contributed by atoms with Gasteiger partial charge in [-0.05, 0) is 32.9 Å². The summed E-state index contributed by atoms with van der Waals surface area (Å²) in [4.78, 5) is 0. The van der Waals surface area contributed by atoms with E-state index in [9.17, 15) is 0 Å². The molecule has 0 rings (SSSR count). The van der Waals surface area contributed by atoms with Crippen molar-refractivity contribution in [3.63, 3.8) is 0 Å². The van der Waals surface area contributed by atoms with Crippen LogP contribution in [0.2, 0.25) is 0 Å². The third kappa shape index (κ3) is 30.9. The van der Waals surface area contributed by atoms with E-state index in [1.807, 2.05) is 14.1 Å². The Morgan fingerprint density at radius 1 is 0.593 bits per heavy atom. The number of rotatable bonds is 20. The van der Waals surface area contributed by atoms with E-state index in [0.717, 1.165) is 12.8 Å². The van der Waals surface area contributed by atoms with Gasteiger partial charge in [-0.1, -0.05) is 123 Å². The van der Waals surface area contributed by atoms with Crippen molar-refractivity contribution in [2.45, 2.75) is 129 Å². The molecule has 0 aromatic rings. The van der Waals surface area contributed by atoms with Crippen molar-refractivity contribution in [1.29, 1.82) is 0 Å². The Bertz CT molecular complexity index is 232. The second-order valence-electron chi connectivity index (χ2n) is 8.32. The van der Waals surface area contributed by atoms with Crippen LogP contribution in [0.25, 0.3) is 0 Å². The molecule has 0 aromatic carbocycles. The van der Waals surface area contributed by atoms with E-state index in [1.54, 1.807) is 0 Å². The molecule has 0 aliphatic carbocycles. The van der Waals surface area contributed by atoms with Gasteiger partial charge in [0.05, 0.1) is 0 Å². The highest BCUT2D eigenvalue weighted by molar-refractivity contribution is 4.61. The molecule has 0 amide bonds. The zero-order chi connectivity index (χ0) is 20.4. The second-order valence-corrected chi connectivity index (χ2v) is 8.32. The number of hydrogen-bond donors (Lipinski definition) is 2. The first-order valence-corrected chi connectivity index (χ1v) is 12.2. The first-order valence-electron chi connectivity index (χ1n) is 12.2. The van der Waals surface area contributed by atoms with Gasteiger partial charge in [-0.2, -0.15) is 0 Å². The van der Waals surface area contributed by atoms with E-state index in [4.69, 9.17) is 5.11 Å². The molecule has 2 heteroatoms. The van der Waals surface area contributed by atoms with Crippen LogP contribution in [0.5, 0.6) is 0 Å². The SMILES string of the molecule is CNC.[CH2]C(CCCO)CCCCCCCCCCCCCCCCCC. The summed E-state index contributed by atoms with van der Waals surface area (Å²) in [6.07, 6.45) is 26.2. The van der Waals surface area contributed by atoms with E-state index >= 15 is 0 Å². The van der Waals surface area contributed by atoms with Gasteiger partial charge in [0, 0.05) is 6.61 Å². The van der Waals surface area contributed by atoms with Crippen LogP contribution >= 0.6 is 0 Å². The van der Waals surface area contributed by atoms with E-state index in [0.29, 0.717) is 12.5 Å². The summed E-state index contributed by atoms with van der Waals surface area (Å²) in [5.74, 6) is 0.559. The van der Waals surface area contributed by atoms with Crippen LogP contribution in [0, 0.1) is 12.8 Å². The van der Waals surface area contributed by atoms with Crippen molar-refractivity contribution in [2.24, 2.45) is 5.92 Å².